The van der Waals surface area contributed by atoms with Crippen LogP contribution >= 0.6 is 0 Å². The maximum absolute atomic E-state index is 12.7. The summed E-state index contributed by atoms with van der Waals surface area (Å²) < 4.78 is 18.2. The fourth-order valence-corrected chi connectivity index (χ4v) is 1.29. The second kappa shape index (κ2) is 5.79. The van der Waals surface area contributed by atoms with Gasteiger partial charge < -0.3 is 10.1 Å². The largest absolute Gasteiger partial charge is 0.492 e. The lowest BCUT2D eigenvalue weighted by molar-refractivity contribution is 0.332. The summed E-state index contributed by atoms with van der Waals surface area (Å²) in [6, 6.07) is 10.7. The van der Waals surface area contributed by atoms with Crippen molar-refractivity contribution in [2.24, 2.45) is 0 Å². The van der Waals surface area contributed by atoms with Gasteiger partial charge in [0.2, 0.25) is 5.95 Å². The molecule has 0 bridgehead atoms. The van der Waals surface area contributed by atoms with Crippen molar-refractivity contribution >= 4 is 5.82 Å². The van der Waals surface area contributed by atoms with E-state index >= 15 is 0 Å². The number of hydrogen-bond donors (Lipinski definition) is 1. The van der Waals surface area contributed by atoms with Gasteiger partial charge in [0.05, 0.1) is 6.54 Å². The molecule has 0 fully saturated rings. The van der Waals surface area contributed by atoms with Gasteiger partial charge in [-0.1, -0.05) is 18.2 Å². The van der Waals surface area contributed by atoms with Crippen LogP contribution in [0.15, 0.2) is 42.7 Å². The molecule has 1 aromatic heterocycles. The first-order chi connectivity index (χ1) is 8.34. The zero-order chi connectivity index (χ0) is 11.9. The highest BCUT2D eigenvalue weighted by Gasteiger charge is 1.96. The van der Waals surface area contributed by atoms with E-state index in [1.807, 2.05) is 30.3 Å². The Morgan fingerprint density at radius 2 is 2.00 bits per heavy atom. The Morgan fingerprint density at radius 3 is 2.76 bits per heavy atom. The molecule has 17 heavy (non-hydrogen) atoms. The van der Waals surface area contributed by atoms with Crippen LogP contribution in [0.5, 0.6) is 5.75 Å². The van der Waals surface area contributed by atoms with Crippen LogP contribution in [0, 0.1) is 5.95 Å². The van der Waals surface area contributed by atoms with E-state index in [2.05, 4.69) is 15.3 Å². The molecule has 1 heterocycles. The number of nitrogens with zero attached hydrogens (tertiary/aromatic N) is 2. The molecule has 0 aliphatic rings. The molecule has 2 aromatic rings. The molecule has 0 radical (unpaired) electrons. The Hall–Kier alpha value is -2.17. The Bertz CT molecular complexity index is 464. The van der Waals surface area contributed by atoms with E-state index in [0.29, 0.717) is 19.0 Å². The zero-order valence-electron chi connectivity index (χ0n) is 9.14. The van der Waals surface area contributed by atoms with Crippen LogP contribution in [0.25, 0.3) is 0 Å². The maximum Gasteiger partial charge on any atom is 0.217 e. The van der Waals surface area contributed by atoms with Crippen LogP contribution in [-0.2, 0) is 0 Å². The van der Waals surface area contributed by atoms with Crippen LogP contribution in [0.4, 0.5) is 10.2 Å². The topological polar surface area (TPSA) is 47.0 Å². The average Bonchev–Trinajstić information content (AvgIpc) is 2.36. The number of nitrogens with one attached hydrogen (secondary N) is 1. The molecule has 1 aromatic carbocycles. The number of benzene rings is 1. The smallest absolute Gasteiger partial charge is 0.217 e. The quantitative estimate of drug-likeness (QED) is 0.634. The van der Waals surface area contributed by atoms with Crippen molar-refractivity contribution in [2.75, 3.05) is 18.5 Å². The molecule has 0 unspecified atom stereocenters. The van der Waals surface area contributed by atoms with Gasteiger partial charge in [-0.05, 0) is 12.1 Å². The zero-order valence-corrected chi connectivity index (χ0v) is 9.14. The first-order valence-corrected chi connectivity index (χ1v) is 5.24. The van der Waals surface area contributed by atoms with E-state index in [1.165, 1.54) is 12.4 Å². The minimum absolute atomic E-state index is 0.453. The summed E-state index contributed by atoms with van der Waals surface area (Å²) in [4.78, 5) is 7.23. The van der Waals surface area contributed by atoms with Gasteiger partial charge in [-0.15, -0.1) is 0 Å². The first kappa shape index (κ1) is 11.3. The lowest BCUT2D eigenvalue weighted by atomic mass is 10.3. The third-order valence-corrected chi connectivity index (χ3v) is 2.05. The molecule has 0 aliphatic heterocycles. The molecule has 0 saturated heterocycles. The molecule has 5 heteroatoms. The van der Waals surface area contributed by atoms with Gasteiger partial charge in [-0.3, -0.25) is 0 Å². The number of rotatable bonds is 5. The summed E-state index contributed by atoms with van der Waals surface area (Å²) in [5.74, 6) is 0.712. The fraction of sp³-hybridized carbons (Fsp3) is 0.167. The standard InChI is InChI=1S/C12H12FN3O/c13-11-8-12(16-9-15-11)14-6-7-17-10-4-2-1-3-5-10/h1-5,8-9H,6-7H2,(H,14,15,16). The van der Waals surface area contributed by atoms with Crippen molar-refractivity contribution in [1.82, 2.24) is 9.97 Å². The fourth-order valence-electron chi connectivity index (χ4n) is 1.29. The summed E-state index contributed by atoms with van der Waals surface area (Å²) in [5, 5.41) is 2.94. The van der Waals surface area contributed by atoms with Gasteiger partial charge in [-0.2, -0.15) is 4.39 Å². The van der Waals surface area contributed by atoms with E-state index in [-0.39, 0.29) is 0 Å². The van der Waals surface area contributed by atoms with Crippen molar-refractivity contribution < 1.29 is 9.13 Å². The number of halogens is 1. The number of aromatic nitrogens is 2. The summed E-state index contributed by atoms with van der Waals surface area (Å²) in [6.45, 7) is 1.03. The van der Waals surface area contributed by atoms with Crippen LogP contribution in [0.3, 0.4) is 0 Å². The van der Waals surface area contributed by atoms with Crippen molar-refractivity contribution in [3.63, 3.8) is 0 Å². The minimum atomic E-state index is -0.550. The molecule has 0 spiro atoms. The monoisotopic (exact) mass is 233 g/mol. The summed E-state index contributed by atoms with van der Waals surface area (Å²) in [5.41, 5.74) is 0. The van der Waals surface area contributed by atoms with Gasteiger partial charge in [0.25, 0.3) is 0 Å². The lowest BCUT2D eigenvalue weighted by Gasteiger charge is -2.07. The second-order valence-electron chi connectivity index (χ2n) is 3.31. The predicted molar refractivity (Wildman–Crippen MR) is 62.4 cm³/mol. The van der Waals surface area contributed by atoms with E-state index < -0.39 is 5.95 Å². The molecule has 88 valence electrons. The Labute approximate surface area is 98.5 Å². The number of ether oxygens (including phenoxy) is 1. The van der Waals surface area contributed by atoms with Crippen molar-refractivity contribution in [2.45, 2.75) is 0 Å². The van der Waals surface area contributed by atoms with E-state index in [9.17, 15) is 4.39 Å². The second-order valence-corrected chi connectivity index (χ2v) is 3.31. The normalized spacial score (nSPS) is 9.94. The Kier molecular flexibility index (Phi) is 3.85. The molecule has 2 rings (SSSR count). The highest BCUT2D eigenvalue weighted by atomic mass is 19.1. The average molecular weight is 233 g/mol. The van der Waals surface area contributed by atoms with Crippen molar-refractivity contribution in [3.8, 4) is 5.75 Å². The predicted octanol–water partition coefficient (Wildman–Crippen LogP) is 2.11. The van der Waals surface area contributed by atoms with Crippen LogP contribution in [0.1, 0.15) is 0 Å². The van der Waals surface area contributed by atoms with Crippen LogP contribution in [0.2, 0.25) is 0 Å². The molecule has 0 aliphatic carbocycles. The number of hydrogen-bond acceptors (Lipinski definition) is 4. The minimum Gasteiger partial charge on any atom is -0.492 e. The molecule has 0 atom stereocenters. The highest BCUT2D eigenvalue weighted by molar-refractivity contribution is 5.31. The highest BCUT2D eigenvalue weighted by Crippen LogP contribution is 2.08. The molecule has 1 N–H and O–H groups in total. The molecule has 4 nitrogen and oxygen atoms in total. The number of anilines is 1. The summed E-state index contributed by atoms with van der Waals surface area (Å²) in [7, 11) is 0. The molecule has 0 saturated carbocycles. The van der Waals surface area contributed by atoms with Gasteiger partial charge in [-0.25, -0.2) is 9.97 Å². The van der Waals surface area contributed by atoms with E-state index in [1.54, 1.807) is 0 Å². The summed E-state index contributed by atoms with van der Waals surface area (Å²) in [6.07, 6.45) is 1.18. The van der Waals surface area contributed by atoms with Crippen LogP contribution < -0.4 is 10.1 Å². The van der Waals surface area contributed by atoms with Crippen molar-refractivity contribution in [3.05, 3.63) is 48.7 Å². The summed E-state index contributed by atoms with van der Waals surface area (Å²) >= 11 is 0. The maximum atomic E-state index is 12.7. The third-order valence-electron chi connectivity index (χ3n) is 2.05. The molecular weight excluding hydrogens is 221 g/mol. The third kappa shape index (κ3) is 3.71. The molecule has 0 amide bonds. The Morgan fingerprint density at radius 1 is 1.18 bits per heavy atom. The first-order valence-electron chi connectivity index (χ1n) is 5.24. The van der Waals surface area contributed by atoms with E-state index in [4.69, 9.17) is 4.74 Å². The van der Waals surface area contributed by atoms with E-state index in [0.717, 1.165) is 5.75 Å². The van der Waals surface area contributed by atoms with Crippen molar-refractivity contribution in [1.29, 1.82) is 0 Å². The SMILES string of the molecule is Fc1cc(NCCOc2ccccc2)ncn1. The Balaban J connectivity index is 1.73. The van der Waals surface area contributed by atoms with Gasteiger partial charge in [0.1, 0.15) is 24.5 Å². The van der Waals surface area contributed by atoms with Gasteiger partial charge in [0.15, 0.2) is 0 Å². The van der Waals surface area contributed by atoms with Gasteiger partial charge in [0, 0.05) is 6.07 Å². The molecular formula is C12H12FN3O. The lowest BCUT2D eigenvalue weighted by Crippen LogP contribution is -2.12. The van der Waals surface area contributed by atoms with Gasteiger partial charge >= 0.3 is 0 Å². The number of para-hydroxylation sites is 1. The van der Waals surface area contributed by atoms with Crippen LogP contribution in [-0.4, -0.2) is 23.1 Å².